The summed E-state index contributed by atoms with van der Waals surface area (Å²) in [5.41, 5.74) is 0. The molecule has 1 aromatic carbocycles. The SMILES string of the molecule is O=C(CCC(F)(F)Cl)Sc1cccc(Cl)c1. The fourth-order valence-electron chi connectivity index (χ4n) is 0.957. The molecule has 0 saturated heterocycles. The molecule has 0 saturated carbocycles. The molecule has 0 atom stereocenters. The van der Waals surface area contributed by atoms with Crippen molar-refractivity contribution >= 4 is 40.1 Å². The van der Waals surface area contributed by atoms with Crippen LogP contribution in [0.15, 0.2) is 29.2 Å². The number of carbonyl (C=O) groups is 1. The van der Waals surface area contributed by atoms with Crippen molar-refractivity contribution in [2.24, 2.45) is 0 Å². The van der Waals surface area contributed by atoms with Gasteiger partial charge in [-0.15, -0.1) is 0 Å². The number of carbonyl (C=O) groups excluding carboxylic acids is 1. The van der Waals surface area contributed by atoms with Crippen LogP contribution in [-0.2, 0) is 4.79 Å². The maximum atomic E-state index is 12.3. The van der Waals surface area contributed by atoms with Crippen LogP contribution in [0.25, 0.3) is 0 Å². The van der Waals surface area contributed by atoms with Gasteiger partial charge in [0.1, 0.15) is 0 Å². The van der Waals surface area contributed by atoms with Crippen molar-refractivity contribution in [3.05, 3.63) is 29.3 Å². The second-order valence-corrected chi connectivity index (χ2v) is 5.17. The van der Waals surface area contributed by atoms with E-state index in [0.29, 0.717) is 9.92 Å². The monoisotopic (exact) mass is 284 g/mol. The summed E-state index contributed by atoms with van der Waals surface area (Å²) in [4.78, 5) is 11.9. The van der Waals surface area contributed by atoms with Gasteiger partial charge in [0.25, 0.3) is 0 Å². The van der Waals surface area contributed by atoms with Crippen LogP contribution >= 0.6 is 35.0 Å². The fraction of sp³-hybridized carbons (Fsp3) is 0.300. The molecule has 0 spiro atoms. The quantitative estimate of drug-likeness (QED) is 0.595. The Labute approximate surface area is 106 Å². The first kappa shape index (κ1) is 13.7. The minimum Gasteiger partial charge on any atom is -0.287 e. The third-order valence-electron chi connectivity index (χ3n) is 1.64. The molecule has 0 aliphatic rings. The zero-order chi connectivity index (χ0) is 12.2. The molecule has 88 valence electrons. The van der Waals surface area contributed by atoms with Crippen LogP contribution in [0.4, 0.5) is 8.78 Å². The number of benzene rings is 1. The summed E-state index contributed by atoms with van der Waals surface area (Å²) in [6, 6.07) is 6.65. The van der Waals surface area contributed by atoms with Gasteiger partial charge < -0.3 is 0 Å². The first-order chi connectivity index (χ1) is 7.37. The molecular weight excluding hydrogens is 277 g/mol. The predicted octanol–water partition coefficient (Wildman–Crippen LogP) is 4.57. The van der Waals surface area contributed by atoms with Crippen molar-refractivity contribution in [1.82, 2.24) is 0 Å². The van der Waals surface area contributed by atoms with E-state index in [4.69, 9.17) is 11.6 Å². The lowest BCUT2D eigenvalue weighted by atomic mass is 10.3. The summed E-state index contributed by atoms with van der Waals surface area (Å²) in [6.07, 6.45) is -0.922. The highest BCUT2D eigenvalue weighted by Gasteiger charge is 2.25. The van der Waals surface area contributed by atoms with Gasteiger partial charge >= 0.3 is 5.38 Å². The lowest BCUT2D eigenvalue weighted by molar-refractivity contribution is -0.111. The van der Waals surface area contributed by atoms with Crippen LogP contribution in [0.3, 0.4) is 0 Å². The maximum absolute atomic E-state index is 12.3. The smallest absolute Gasteiger partial charge is 0.287 e. The Morgan fingerprint density at radius 3 is 2.69 bits per heavy atom. The van der Waals surface area contributed by atoms with Crippen molar-refractivity contribution in [2.75, 3.05) is 0 Å². The summed E-state index contributed by atoms with van der Waals surface area (Å²) in [7, 11) is 0. The summed E-state index contributed by atoms with van der Waals surface area (Å²) in [5, 5.41) is -3.17. The largest absolute Gasteiger partial charge is 0.322 e. The van der Waals surface area contributed by atoms with Gasteiger partial charge in [-0.3, -0.25) is 4.79 Å². The van der Waals surface area contributed by atoms with E-state index in [0.717, 1.165) is 11.8 Å². The molecule has 0 bridgehead atoms. The van der Waals surface area contributed by atoms with E-state index in [9.17, 15) is 13.6 Å². The topological polar surface area (TPSA) is 17.1 Å². The van der Waals surface area contributed by atoms with E-state index in [1.165, 1.54) is 0 Å². The molecule has 0 aromatic heterocycles. The summed E-state index contributed by atoms with van der Waals surface area (Å²) in [5.74, 6) is 0. The van der Waals surface area contributed by atoms with Crippen molar-refractivity contribution < 1.29 is 13.6 Å². The summed E-state index contributed by atoms with van der Waals surface area (Å²) in [6.45, 7) is 0. The van der Waals surface area contributed by atoms with Gasteiger partial charge in [-0.25, -0.2) is 0 Å². The molecular formula is C10H8Cl2F2OS. The molecule has 0 aliphatic carbocycles. The van der Waals surface area contributed by atoms with Gasteiger partial charge in [-0.05, 0) is 29.8 Å². The maximum Gasteiger partial charge on any atom is 0.322 e. The van der Waals surface area contributed by atoms with Crippen LogP contribution < -0.4 is 0 Å². The van der Waals surface area contributed by atoms with Crippen molar-refractivity contribution in [2.45, 2.75) is 23.1 Å². The Morgan fingerprint density at radius 1 is 1.44 bits per heavy atom. The second-order valence-electron chi connectivity index (χ2n) is 3.05. The molecule has 0 fully saturated rings. The Hall–Kier alpha value is -0.320. The first-order valence-electron chi connectivity index (χ1n) is 4.40. The third-order valence-corrected chi connectivity index (χ3v) is 2.99. The van der Waals surface area contributed by atoms with E-state index >= 15 is 0 Å². The zero-order valence-corrected chi connectivity index (χ0v) is 10.4. The van der Waals surface area contributed by atoms with E-state index in [1.54, 1.807) is 24.3 Å². The van der Waals surface area contributed by atoms with Crippen molar-refractivity contribution in [1.29, 1.82) is 0 Å². The van der Waals surface area contributed by atoms with Gasteiger partial charge in [0.15, 0.2) is 5.12 Å². The van der Waals surface area contributed by atoms with Gasteiger partial charge in [0.2, 0.25) is 0 Å². The standard InChI is InChI=1S/C10H8Cl2F2OS/c11-7-2-1-3-8(6-7)16-9(15)4-5-10(12,13)14/h1-3,6H,4-5H2. The van der Waals surface area contributed by atoms with Crippen molar-refractivity contribution in [3.63, 3.8) is 0 Å². The average molecular weight is 285 g/mol. The molecule has 0 heterocycles. The second kappa shape index (κ2) is 5.84. The highest BCUT2D eigenvalue weighted by molar-refractivity contribution is 8.13. The molecule has 1 rings (SSSR count). The molecule has 0 N–H and O–H groups in total. The van der Waals surface area contributed by atoms with E-state index < -0.39 is 11.8 Å². The van der Waals surface area contributed by atoms with Crippen LogP contribution in [0.2, 0.25) is 5.02 Å². The molecule has 16 heavy (non-hydrogen) atoms. The highest BCUT2D eigenvalue weighted by atomic mass is 35.5. The molecule has 6 heteroatoms. The first-order valence-corrected chi connectivity index (χ1v) is 5.97. The highest BCUT2D eigenvalue weighted by Crippen LogP contribution is 2.29. The average Bonchev–Trinajstić information content (AvgIpc) is 2.14. The molecule has 0 radical (unpaired) electrons. The van der Waals surface area contributed by atoms with E-state index in [2.05, 4.69) is 11.6 Å². The number of hydrogen-bond acceptors (Lipinski definition) is 2. The van der Waals surface area contributed by atoms with E-state index in [1.807, 2.05) is 0 Å². The number of hydrogen-bond donors (Lipinski definition) is 0. The Bertz CT molecular complexity index is 379. The Balaban J connectivity index is 2.46. The molecule has 1 nitrogen and oxygen atoms in total. The van der Waals surface area contributed by atoms with Gasteiger partial charge in [0.05, 0.1) is 0 Å². The lowest BCUT2D eigenvalue weighted by Gasteiger charge is -2.06. The molecule has 0 aliphatic heterocycles. The summed E-state index contributed by atoms with van der Waals surface area (Å²) < 4.78 is 24.5. The third kappa shape index (κ3) is 5.68. The zero-order valence-electron chi connectivity index (χ0n) is 8.05. The number of halogens is 4. The minimum atomic E-state index is -3.31. The minimum absolute atomic E-state index is 0.270. The van der Waals surface area contributed by atoms with Crippen LogP contribution in [0.5, 0.6) is 0 Å². The number of rotatable bonds is 4. The normalized spacial score (nSPS) is 11.5. The summed E-state index contributed by atoms with van der Waals surface area (Å²) >= 11 is 11.3. The Morgan fingerprint density at radius 2 is 2.12 bits per heavy atom. The van der Waals surface area contributed by atoms with Crippen molar-refractivity contribution in [3.8, 4) is 0 Å². The molecule has 0 amide bonds. The predicted molar refractivity (Wildman–Crippen MR) is 62.4 cm³/mol. The number of alkyl halides is 3. The molecule has 1 aromatic rings. The van der Waals surface area contributed by atoms with Crippen LogP contribution in [0.1, 0.15) is 12.8 Å². The number of thioether (sulfide) groups is 1. The van der Waals surface area contributed by atoms with Gasteiger partial charge in [-0.1, -0.05) is 29.4 Å². The molecule has 0 unspecified atom stereocenters. The van der Waals surface area contributed by atoms with Gasteiger partial charge in [0, 0.05) is 22.8 Å². The van der Waals surface area contributed by atoms with Crippen LogP contribution in [-0.4, -0.2) is 10.5 Å². The van der Waals surface area contributed by atoms with Gasteiger partial charge in [-0.2, -0.15) is 8.78 Å². The lowest BCUT2D eigenvalue weighted by Crippen LogP contribution is -2.07. The van der Waals surface area contributed by atoms with Crippen LogP contribution in [0, 0.1) is 0 Å². The van der Waals surface area contributed by atoms with E-state index in [-0.39, 0.29) is 11.5 Å². The Kier molecular flexibility index (Phi) is 5.02. The fourth-order valence-corrected chi connectivity index (χ4v) is 2.11.